The molecule has 2 aromatic carbocycles. The van der Waals surface area contributed by atoms with Crippen LogP contribution in [0, 0.1) is 5.92 Å². The smallest absolute Gasteiger partial charge is 0.258 e. The third kappa shape index (κ3) is 3.83. The number of carbonyl (C=O) groups is 1. The van der Waals surface area contributed by atoms with Gasteiger partial charge >= 0.3 is 0 Å². The van der Waals surface area contributed by atoms with Crippen molar-refractivity contribution in [3.05, 3.63) is 59.7 Å². The summed E-state index contributed by atoms with van der Waals surface area (Å²) in [5.41, 5.74) is 2.65. The molecule has 1 saturated heterocycles. The van der Waals surface area contributed by atoms with Crippen molar-refractivity contribution in [2.75, 3.05) is 18.0 Å². The molecule has 2 heterocycles. The Labute approximate surface area is 173 Å². The number of anilines is 1. The Hall–Kier alpha value is -2.18. The summed E-state index contributed by atoms with van der Waals surface area (Å²) in [6.07, 6.45) is 3.67. The molecule has 4 rings (SSSR count). The first-order chi connectivity index (χ1) is 13.9. The number of benzene rings is 2. The van der Waals surface area contributed by atoms with Crippen LogP contribution in [0.15, 0.2) is 53.4 Å². The molecule has 0 saturated carbocycles. The molecule has 1 unspecified atom stereocenters. The lowest BCUT2D eigenvalue weighted by atomic mass is 9.96. The molecule has 0 aromatic heterocycles. The molecule has 2 aliphatic rings. The van der Waals surface area contributed by atoms with E-state index in [1.807, 2.05) is 23.1 Å². The zero-order valence-corrected chi connectivity index (χ0v) is 17.9. The van der Waals surface area contributed by atoms with Gasteiger partial charge in [-0.15, -0.1) is 0 Å². The van der Waals surface area contributed by atoms with Gasteiger partial charge in [0.25, 0.3) is 5.91 Å². The Morgan fingerprint density at radius 2 is 1.59 bits per heavy atom. The van der Waals surface area contributed by atoms with Crippen molar-refractivity contribution in [1.82, 2.24) is 4.31 Å². The Balaban J connectivity index is 1.57. The van der Waals surface area contributed by atoms with Crippen molar-refractivity contribution in [2.24, 2.45) is 5.92 Å². The Morgan fingerprint density at radius 1 is 0.931 bits per heavy atom. The molecule has 1 fully saturated rings. The highest BCUT2D eigenvalue weighted by Crippen LogP contribution is 2.32. The fraction of sp³-hybridized carbons (Fsp3) is 0.435. The SMILES string of the molecule is CC1CCN(S(=O)(=O)c2ccc(C(=O)N3c4ccccc4CCC3C)cc2)CC1. The van der Waals surface area contributed by atoms with Crippen molar-refractivity contribution in [3.8, 4) is 0 Å². The second kappa shape index (κ2) is 7.92. The summed E-state index contributed by atoms with van der Waals surface area (Å²) in [5, 5.41) is 0. The number of hydrogen-bond donors (Lipinski definition) is 0. The van der Waals surface area contributed by atoms with Gasteiger partial charge in [-0.05, 0) is 74.4 Å². The number of sulfonamides is 1. The summed E-state index contributed by atoms with van der Waals surface area (Å²) in [5.74, 6) is 0.483. The molecule has 0 aliphatic carbocycles. The summed E-state index contributed by atoms with van der Waals surface area (Å²) in [4.78, 5) is 15.3. The summed E-state index contributed by atoms with van der Waals surface area (Å²) in [6.45, 7) is 5.34. The van der Waals surface area contributed by atoms with Crippen LogP contribution in [0.25, 0.3) is 0 Å². The number of para-hydroxylation sites is 1. The number of nitrogens with zero attached hydrogens (tertiary/aromatic N) is 2. The Morgan fingerprint density at radius 3 is 2.28 bits per heavy atom. The minimum Gasteiger partial charge on any atom is -0.305 e. The van der Waals surface area contributed by atoms with Crippen molar-refractivity contribution < 1.29 is 13.2 Å². The fourth-order valence-electron chi connectivity index (χ4n) is 4.28. The van der Waals surface area contributed by atoms with Gasteiger partial charge in [-0.1, -0.05) is 25.1 Å². The molecular weight excluding hydrogens is 384 g/mol. The number of aryl methyl sites for hydroxylation is 1. The molecule has 0 bridgehead atoms. The second-order valence-corrected chi connectivity index (χ2v) is 10.2. The molecule has 29 heavy (non-hydrogen) atoms. The highest BCUT2D eigenvalue weighted by Gasteiger charge is 2.30. The van der Waals surface area contributed by atoms with Crippen LogP contribution < -0.4 is 4.90 Å². The molecule has 0 spiro atoms. The first kappa shape index (κ1) is 20.1. The Bertz CT molecular complexity index is 993. The minimum atomic E-state index is -3.50. The molecule has 2 aromatic rings. The van der Waals surface area contributed by atoms with Gasteiger partial charge in [0.15, 0.2) is 0 Å². The number of rotatable bonds is 3. The van der Waals surface area contributed by atoms with Gasteiger partial charge in [0.05, 0.1) is 4.90 Å². The molecule has 1 atom stereocenters. The van der Waals surface area contributed by atoms with Gasteiger partial charge in [0, 0.05) is 30.4 Å². The van der Waals surface area contributed by atoms with Crippen LogP contribution in [0.4, 0.5) is 5.69 Å². The molecule has 1 amide bonds. The Kier molecular flexibility index (Phi) is 5.49. The van der Waals surface area contributed by atoms with E-state index in [1.54, 1.807) is 28.6 Å². The summed E-state index contributed by atoms with van der Waals surface area (Å²) < 4.78 is 27.4. The predicted molar refractivity (Wildman–Crippen MR) is 115 cm³/mol. The molecule has 0 N–H and O–H groups in total. The molecule has 2 aliphatic heterocycles. The zero-order chi connectivity index (χ0) is 20.6. The maximum Gasteiger partial charge on any atom is 0.258 e. The van der Waals surface area contributed by atoms with E-state index in [0.717, 1.165) is 31.4 Å². The lowest BCUT2D eigenvalue weighted by molar-refractivity contribution is 0.0975. The second-order valence-electron chi connectivity index (χ2n) is 8.30. The standard InChI is InChI=1S/C23H28N2O3S/c1-17-13-15-24(16-14-17)29(27,28)21-11-9-20(10-12-21)23(26)25-18(2)7-8-19-5-3-4-6-22(19)25/h3-6,9-12,17-18H,7-8,13-16H2,1-2H3. The largest absolute Gasteiger partial charge is 0.305 e. The average molecular weight is 413 g/mol. The number of carbonyl (C=O) groups excluding carboxylic acids is 1. The maximum atomic E-state index is 13.2. The van der Waals surface area contributed by atoms with E-state index in [0.29, 0.717) is 24.6 Å². The van der Waals surface area contributed by atoms with Crippen molar-refractivity contribution >= 4 is 21.6 Å². The highest BCUT2D eigenvalue weighted by atomic mass is 32.2. The monoisotopic (exact) mass is 412 g/mol. The normalized spacial score (nSPS) is 21.0. The van der Waals surface area contributed by atoms with Crippen LogP contribution in [0.5, 0.6) is 0 Å². The number of piperidine rings is 1. The number of hydrogen-bond acceptors (Lipinski definition) is 3. The molecule has 5 nitrogen and oxygen atoms in total. The predicted octanol–water partition coefficient (Wildman–Crippen LogP) is 4.09. The molecule has 154 valence electrons. The van der Waals surface area contributed by atoms with Gasteiger partial charge < -0.3 is 4.90 Å². The first-order valence-electron chi connectivity index (χ1n) is 10.4. The number of fused-ring (bicyclic) bond motifs is 1. The van der Waals surface area contributed by atoms with Gasteiger partial charge in [-0.25, -0.2) is 8.42 Å². The van der Waals surface area contributed by atoms with E-state index in [4.69, 9.17) is 0 Å². The van der Waals surface area contributed by atoms with Gasteiger partial charge in [-0.2, -0.15) is 4.31 Å². The van der Waals surface area contributed by atoms with Crippen molar-refractivity contribution in [3.63, 3.8) is 0 Å². The third-order valence-electron chi connectivity index (χ3n) is 6.22. The summed E-state index contributed by atoms with van der Waals surface area (Å²) in [7, 11) is -3.50. The van der Waals surface area contributed by atoms with Crippen LogP contribution >= 0.6 is 0 Å². The molecule has 6 heteroatoms. The van der Waals surface area contributed by atoms with Crippen LogP contribution in [0.2, 0.25) is 0 Å². The molecular formula is C23H28N2O3S. The first-order valence-corrected chi connectivity index (χ1v) is 11.8. The quantitative estimate of drug-likeness (QED) is 0.763. The van der Waals surface area contributed by atoms with Crippen LogP contribution in [-0.2, 0) is 16.4 Å². The van der Waals surface area contributed by atoms with Crippen LogP contribution in [0.3, 0.4) is 0 Å². The number of amides is 1. The van der Waals surface area contributed by atoms with Crippen LogP contribution in [-0.4, -0.2) is 37.8 Å². The van der Waals surface area contributed by atoms with E-state index >= 15 is 0 Å². The summed E-state index contributed by atoms with van der Waals surface area (Å²) >= 11 is 0. The maximum absolute atomic E-state index is 13.2. The van der Waals surface area contributed by atoms with Gasteiger partial charge in [0.1, 0.15) is 0 Å². The molecule has 0 radical (unpaired) electrons. The van der Waals surface area contributed by atoms with E-state index in [-0.39, 0.29) is 16.8 Å². The average Bonchev–Trinajstić information content (AvgIpc) is 2.73. The van der Waals surface area contributed by atoms with Gasteiger partial charge in [0.2, 0.25) is 10.0 Å². The zero-order valence-electron chi connectivity index (χ0n) is 17.0. The lowest BCUT2D eigenvalue weighted by Gasteiger charge is -2.35. The van der Waals surface area contributed by atoms with E-state index < -0.39 is 10.0 Å². The minimum absolute atomic E-state index is 0.0830. The van der Waals surface area contributed by atoms with Crippen molar-refractivity contribution in [2.45, 2.75) is 50.5 Å². The highest BCUT2D eigenvalue weighted by molar-refractivity contribution is 7.89. The third-order valence-corrected chi connectivity index (χ3v) is 8.14. The van der Waals surface area contributed by atoms with Crippen molar-refractivity contribution in [1.29, 1.82) is 0 Å². The fourth-order valence-corrected chi connectivity index (χ4v) is 5.75. The van der Waals surface area contributed by atoms with E-state index in [2.05, 4.69) is 19.9 Å². The van der Waals surface area contributed by atoms with Gasteiger partial charge in [-0.3, -0.25) is 4.79 Å². The summed E-state index contributed by atoms with van der Waals surface area (Å²) in [6, 6.07) is 14.5. The van der Waals surface area contributed by atoms with Crippen LogP contribution in [0.1, 0.15) is 49.0 Å². The topological polar surface area (TPSA) is 57.7 Å². The lowest BCUT2D eigenvalue weighted by Crippen LogP contribution is -2.42. The van der Waals surface area contributed by atoms with E-state index in [9.17, 15) is 13.2 Å². The van der Waals surface area contributed by atoms with E-state index in [1.165, 1.54) is 5.56 Å².